The molecule has 0 spiro atoms. The average Bonchev–Trinajstić information content (AvgIpc) is 3.02. The van der Waals surface area contributed by atoms with Gasteiger partial charge in [-0.15, -0.1) is 0 Å². The van der Waals surface area contributed by atoms with Crippen LogP contribution in [0.2, 0.25) is 0 Å². The van der Waals surface area contributed by atoms with Crippen molar-refractivity contribution in [1.82, 2.24) is 10.2 Å². The van der Waals surface area contributed by atoms with Gasteiger partial charge in [-0.25, -0.2) is 12.8 Å². The van der Waals surface area contributed by atoms with Gasteiger partial charge in [0.25, 0.3) is 10.0 Å². The molecule has 1 atom stereocenters. The lowest BCUT2D eigenvalue weighted by molar-refractivity contribution is -0.140. The minimum Gasteiger partial charge on any atom is -0.492 e. The fourth-order valence-corrected chi connectivity index (χ4v) is 6.51. The first-order chi connectivity index (χ1) is 22.3. The van der Waals surface area contributed by atoms with Gasteiger partial charge in [0.1, 0.15) is 24.2 Å². The molecule has 0 saturated carbocycles. The number of benzene rings is 4. The molecule has 0 fully saturated rings. The molecule has 0 heterocycles. The summed E-state index contributed by atoms with van der Waals surface area (Å²) in [5, 5.41) is 3.00. The fraction of sp³-hybridized carbons (Fsp3) is 0.297. The molecular formula is C37H42FN3O5S. The fourth-order valence-electron chi connectivity index (χ4n) is 5.08. The summed E-state index contributed by atoms with van der Waals surface area (Å²) in [7, 11) is -4.30. The van der Waals surface area contributed by atoms with Crippen molar-refractivity contribution in [3.63, 3.8) is 0 Å². The molecule has 0 bridgehead atoms. The minimum atomic E-state index is -4.30. The second-order valence-electron chi connectivity index (χ2n) is 12.3. The summed E-state index contributed by atoms with van der Waals surface area (Å²) in [6.07, 6.45) is 0.163. The van der Waals surface area contributed by atoms with E-state index in [1.165, 1.54) is 29.2 Å². The molecule has 0 radical (unpaired) electrons. The number of nitrogens with zero attached hydrogens (tertiary/aromatic N) is 2. The summed E-state index contributed by atoms with van der Waals surface area (Å²) in [4.78, 5) is 30.0. The number of sulfonamides is 1. The van der Waals surface area contributed by atoms with Crippen molar-refractivity contribution in [2.75, 3.05) is 17.5 Å². The molecule has 0 aromatic heterocycles. The third kappa shape index (κ3) is 9.42. The number of carbonyl (C=O) groups excluding carboxylic acids is 2. The van der Waals surface area contributed by atoms with E-state index < -0.39 is 45.8 Å². The molecule has 4 aromatic rings. The van der Waals surface area contributed by atoms with Crippen molar-refractivity contribution in [3.8, 4) is 5.75 Å². The highest BCUT2D eigenvalue weighted by molar-refractivity contribution is 7.92. The highest BCUT2D eigenvalue weighted by atomic mass is 32.2. The van der Waals surface area contributed by atoms with E-state index in [-0.39, 0.29) is 35.9 Å². The van der Waals surface area contributed by atoms with E-state index in [2.05, 4.69) is 5.32 Å². The number of aryl methyl sites for hydroxylation is 1. The number of nitrogens with one attached hydrogen (secondary N) is 1. The molecule has 248 valence electrons. The van der Waals surface area contributed by atoms with Crippen molar-refractivity contribution in [2.24, 2.45) is 0 Å². The van der Waals surface area contributed by atoms with E-state index in [0.29, 0.717) is 5.56 Å². The Balaban J connectivity index is 1.85. The highest BCUT2D eigenvalue weighted by Gasteiger charge is 2.36. The normalized spacial score (nSPS) is 12.2. The maximum absolute atomic E-state index is 14.6. The average molecular weight is 660 g/mol. The Labute approximate surface area is 277 Å². The highest BCUT2D eigenvalue weighted by Crippen LogP contribution is 2.33. The van der Waals surface area contributed by atoms with E-state index in [0.717, 1.165) is 15.4 Å². The van der Waals surface area contributed by atoms with Crippen molar-refractivity contribution < 1.29 is 27.1 Å². The Hall–Kier alpha value is -4.70. The predicted octanol–water partition coefficient (Wildman–Crippen LogP) is 6.28. The monoisotopic (exact) mass is 659 g/mol. The number of para-hydroxylation sites is 2. The number of ether oxygens (including phenoxy) is 1. The van der Waals surface area contributed by atoms with Crippen LogP contribution < -0.4 is 14.4 Å². The lowest BCUT2D eigenvalue weighted by atomic mass is 10.0. The third-order valence-electron chi connectivity index (χ3n) is 7.36. The minimum absolute atomic E-state index is 0.00130. The maximum Gasteiger partial charge on any atom is 0.264 e. The van der Waals surface area contributed by atoms with Crippen LogP contribution in [0, 0.1) is 12.7 Å². The molecule has 0 aliphatic carbocycles. The molecule has 8 nitrogen and oxygen atoms in total. The van der Waals surface area contributed by atoms with Crippen LogP contribution in [0.1, 0.15) is 44.4 Å². The number of hydrogen-bond donors (Lipinski definition) is 1. The number of rotatable bonds is 13. The lowest BCUT2D eigenvalue weighted by Crippen LogP contribution is -2.56. The SMILES string of the molecule is CCOc1ccccc1N(CC(=O)N(Cc1ccc(F)cc1)[C@@H](Cc1ccccc1)C(=O)NC(C)(C)C)S(=O)(=O)c1ccc(C)cc1. The van der Waals surface area contributed by atoms with Gasteiger partial charge in [-0.05, 0) is 82.1 Å². The first-order valence-electron chi connectivity index (χ1n) is 15.5. The van der Waals surface area contributed by atoms with E-state index in [1.807, 2.05) is 58.0 Å². The number of hydrogen-bond acceptors (Lipinski definition) is 5. The van der Waals surface area contributed by atoms with Crippen LogP contribution in [-0.4, -0.2) is 49.9 Å². The van der Waals surface area contributed by atoms with Crippen LogP contribution in [0.5, 0.6) is 5.75 Å². The van der Waals surface area contributed by atoms with Crippen LogP contribution in [0.3, 0.4) is 0 Å². The van der Waals surface area contributed by atoms with Gasteiger partial charge in [0.2, 0.25) is 11.8 Å². The standard InChI is InChI=1S/C37H42FN3O5S/c1-6-46-34-15-11-10-14-32(34)41(47(44,45)31-22-16-27(2)17-23-31)26-35(42)40(25-29-18-20-30(38)21-19-29)33(36(43)39-37(3,4)5)24-28-12-8-7-9-13-28/h7-23,33H,6,24-26H2,1-5H3,(H,39,43)/t33-/m0/s1. The Morgan fingerprint density at radius 3 is 2.09 bits per heavy atom. The van der Waals surface area contributed by atoms with Crippen LogP contribution in [0.4, 0.5) is 10.1 Å². The number of amides is 2. The summed E-state index contributed by atoms with van der Waals surface area (Å²) in [5.74, 6) is -1.18. The van der Waals surface area contributed by atoms with Gasteiger partial charge in [-0.1, -0.05) is 72.3 Å². The molecular weight excluding hydrogens is 617 g/mol. The summed E-state index contributed by atoms with van der Waals surface area (Å²) in [6, 6.07) is 26.9. The summed E-state index contributed by atoms with van der Waals surface area (Å²) < 4.78 is 49.4. The van der Waals surface area contributed by atoms with Gasteiger partial charge in [-0.3, -0.25) is 13.9 Å². The zero-order valence-electron chi connectivity index (χ0n) is 27.4. The first-order valence-corrected chi connectivity index (χ1v) is 16.9. The summed E-state index contributed by atoms with van der Waals surface area (Å²) in [6.45, 7) is 8.74. The number of anilines is 1. The van der Waals surface area contributed by atoms with Gasteiger partial charge in [0.15, 0.2) is 0 Å². The Morgan fingerprint density at radius 1 is 0.851 bits per heavy atom. The zero-order valence-corrected chi connectivity index (χ0v) is 28.3. The van der Waals surface area contributed by atoms with Crippen molar-refractivity contribution in [2.45, 2.75) is 64.1 Å². The van der Waals surface area contributed by atoms with Crippen molar-refractivity contribution in [3.05, 3.63) is 126 Å². The Bertz CT molecular complexity index is 1760. The molecule has 10 heteroatoms. The van der Waals surface area contributed by atoms with Crippen LogP contribution in [-0.2, 0) is 32.6 Å². The van der Waals surface area contributed by atoms with Gasteiger partial charge >= 0.3 is 0 Å². The van der Waals surface area contributed by atoms with E-state index in [1.54, 1.807) is 55.5 Å². The van der Waals surface area contributed by atoms with Gasteiger partial charge in [0, 0.05) is 18.5 Å². The Morgan fingerprint density at radius 2 is 1.47 bits per heavy atom. The molecule has 47 heavy (non-hydrogen) atoms. The largest absolute Gasteiger partial charge is 0.492 e. The summed E-state index contributed by atoms with van der Waals surface area (Å²) in [5.41, 5.74) is 1.82. The smallest absolute Gasteiger partial charge is 0.264 e. The van der Waals surface area contributed by atoms with E-state index in [4.69, 9.17) is 4.74 Å². The Kier molecular flexibility index (Phi) is 11.4. The molecule has 4 rings (SSSR count). The molecule has 0 aliphatic rings. The van der Waals surface area contributed by atoms with E-state index >= 15 is 0 Å². The molecule has 0 saturated heterocycles. The molecule has 0 unspecified atom stereocenters. The van der Waals surface area contributed by atoms with Gasteiger partial charge < -0.3 is 15.0 Å². The first kappa shape index (κ1) is 35.2. The van der Waals surface area contributed by atoms with Gasteiger partial charge in [0.05, 0.1) is 17.2 Å². The van der Waals surface area contributed by atoms with Crippen LogP contribution in [0.25, 0.3) is 0 Å². The predicted molar refractivity (Wildman–Crippen MR) is 182 cm³/mol. The van der Waals surface area contributed by atoms with E-state index in [9.17, 15) is 22.4 Å². The lowest BCUT2D eigenvalue weighted by Gasteiger charge is -2.35. The molecule has 2 amide bonds. The quantitative estimate of drug-likeness (QED) is 0.182. The topological polar surface area (TPSA) is 96.0 Å². The maximum atomic E-state index is 14.6. The summed E-state index contributed by atoms with van der Waals surface area (Å²) >= 11 is 0. The van der Waals surface area contributed by atoms with Gasteiger partial charge in [-0.2, -0.15) is 0 Å². The molecule has 4 aromatic carbocycles. The second-order valence-corrected chi connectivity index (χ2v) is 14.2. The number of halogens is 1. The van der Waals surface area contributed by atoms with Crippen molar-refractivity contribution in [1.29, 1.82) is 0 Å². The molecule has 0 aliphatic heterocycles. The van der Waals surface area contributed by atoms with Crippen LogP contribution >= 0.6 is 0 Å². The molecule has 1 N–H and O–H groups in total. The van der Waals surface area contributed by atoms with Crippen molar-refractivity contribution >= 4 is 27.5 Å². The second kappa shape index (κ2) is 15.3. The third-order valence-corrected chi connectivity index (χ3v) is 9.13. The van der Waals surface area contributed by atoms with Crippen LogP contribution in [0.15, 0.2) is 108 Å². The zero-order chi connectivity index (χ0) is 34.2. The number of carbonyl (C=O) groups is 2.